The summed E-state index contributed by atoms with van der Waals surface area (Å²) in [6, 6.07) is 3.88. The van der Waals surface area contributed by atoms with Crippen LogP contribution in [0.25, 0.3) is 6.08 Å². The summed E-state index contributed by atoms with van der Waals surface area (Å²) in [7, 11) is 0. The summed E-state index contributed by atoms with van der Waals surface area (Å²) in [6.07, 6.45) is 8.97. The van der Waals surface area contributed by atoms with Gasteiger partial charge in [0.15, 0.2) is 0 Å². The van der Waals surface area contributed by atoms with Crippen LogP contribution in [-0.2, 0) is 5.79 Å². The van der Waals surface area contributed by atoms with E-state index in [-0.39, 0.29) is 24.6 Å². The molecule has 2 fully saturated rings. The molecule has 0 saturated carbocycles. The number of rotatable bonds is 6. The van der Waals surface area contributed by atoms with Gasteiger partial charge in [-0.3, -0.25) is 10.6 Å². The number of nitrogens with zero attached hydrogens (tertiary/aromatic N) is 6. The number of hydrogen-bond acceptors (Lipinski definition) is 8. The van der Waals surface area contributed by atoms with Gasteiger partial charge in [-0.25, -0.2) is 18.5 Å². The van der Waals surface area contributed by atoms with E-state index in [1.165, 1.54) is 12.1 Å². The fourth-order valence-corrected chi connectivity index (χ4v) is 4.92. The number of hydrogen-bond donors (Lipinski definition) is 3. The van der Waals surface area contributed by atoms with Crippen molar-refractivity contribution >= 4 is 30.5 Å². The molecule has 200 valence electrons. The second-order valence-corrected chi connectivity index (χ2v) is 9.69. The molecule has 2 saturated heterocycles. The zero-order valence-corrected chi connectivity index (χ0v) is 21.7. The molecule has 0 amide bonds. The Balaban J connectivity index is 0.00000320. The average molecular weight is 535 g/mol. The number of aromatic nitrogens is 2. The largest absolute Gasteiger partial charge is 0.389 e. The lowest BCUT2D eigenvalue weighted by Crippen LogP contribution is -2.55. The Kier molecular flexibility index (Phi) is 7.88. The molecular weight excluding hydrogens is 502 g/mol. The fourth-order valence-electron chi connectivity index (χ4n) is 4.92. The summed E-state index contributed by atoms with van der Waals surface area (Å²) in [5.41, 5.74) is 9.01. The molecule has 0 aliphatic carbocycles. The van der Waals surface area contributed by atoms with Crippen LogP contribution >= 0.6 is 12.4 Å². The van der Waals surface area contributed by atoms with Gasteiger partial charge in [-0.05, 0) is 26.0 Å². The van der Waals surface area contributed by atoms with Crippen molar-refractivity contribution in [3.05, 3.63) is 65.3 Å². The molecule has 5 rings (SSSR count). The summed E-state index contributed by atoms with van der Waals surface area (Å²) >= 11 is 0. The summed E-state index contributed by atoms with van der Waals surface area (Å²) in [5.74, 6) is -1.46. The highest BCUT2D eigenvalue weighted by atomic mass is 35.5. The van der Waals surface area contributed by atoms with Gasteiger partial charge in [-0.15, -0.1) is 12.4 Å². The van der Waals surface area contributed by atoms with Gasteiger partial charge in [-0.2, -0.15) is 5.10 Å². The van der Waals surface area contributed by atoms with E-state index in [0.717, 1.165) is 36.2 Å². The first-order valence-electron chi connectivity index (χ1n) is 12.1. The summed E-state index contributed by atoms with van der Waals surface area (Å²) < 4.78 is 28.9. The molecular formula is C25H33ClF2N8O. The molecule has 2 atom stereocenters. The number of nitrogens with one attached hydrogen (secondary N) is 1. The highest BCUT2D eigenvalue weighted by Crippen LogP contribution is 2.25. The molecule has 9 nitrogen and oxygen atoms in total. The molecule has 0 radical (unpaired) electrons. The Morgan fingerprint density at radius 3 is 2.57 bits per heavy atom. The van der Waals surface area contributed by atoms with E-state index in [2.05, 4.69) is 33.3 Å². The van der Waals surface area contributed by atoms with Gasteiger partial charge in [-0.1, -0.05) is 12.2 Å². The highest BCUT2D eigenvalue weighted by Gasteiger charge is 2.34. The molecule has 0 bridgehead atoms. The normalized spacial score (nSPS) is 24.6. The number of piperazine rings is 1. The molecule has 1 aromatic carbocycles. The van der Waals surface area contributed by atoms with Crippen molar-refractivity contribution < 1.29 is 13.9 Å². The van der Waals surface area contributed by atoms with Crippen LogP contribution in [0.1, 0.15) is 18.2 Å². The van der Waals surface area contributed by atoms with Gasteiger partial charge < -0.3 is 20.2 Å². The quantitative estimate of drug-likeness (QED) is 0.520. The smallest absolute Gasteiger partial charge is 0.228 e. The number of halogens is 3. The van der Waals surface area contributed by atoms with E-state index in [1.54, 1.807) is 17.2 Å². The number of benzene rings is 1. The maximum absolute atomic E-state index is 13.6. The highest BCUT2D eigenvalue weighted by molar-refractivity contribution is 5.85. The molecule has 12 heteroatoms. The number of likely N-dealkylation sites (tertiary alicyclic amines) is 1. The standard InChI is InChI=1S/C25H32F2N8O.ClH/c1-17-13-33(22-9-20(26)8-21(27)10-22)7-6-32(17)5-3-4-19-12-31-35(18(19)2)25(28)11-24(29-16-30-25)34-14-23(36)15-34;/h3-4,8-12,16-17,23,36H,5-7,13-15,28H2,1-2H3,(H,29,30);1H/b4-3+;/t17-,25?;/m1./s1. The lowest BCUT2D eigenvalue weighted by atomic mass is 10.1. The zero-order chi connectivity index (χ0) is 25.4. The van der Waals surface area contributed by atoms with E-state index in [9.17, 15) is 13.9 Å². The van der Waals surface area contributed by atoms with E-state index in [0.29, 0.717) is 31.9 Å². The van der Waals surface area contributed by atoms with Gasteiger partial charge in [0.1, 0.15) is 17.5 Å². The van der Waals surface area contributed by atoms with Crippen molar-refractivity contribution in [2.75, 3.05) is 44.2 Å². The minimum absolute atomic E-state index is 0. The first-order valence-corrected chi connectivity index (χ1v) is 12.1. The van der Waals surface area contributed by atoms with Crippen molar-refractivity contribution in [3.63, 3.8) is 0 Å². The van der Waals surface area contributed by atoms with E-state index in [4.69, 9.17) is 5.73 Å². The number of aliphatic hydroxyl groups excluding tert-OH is 1. The van der Waals surface area contributed by atoms with Crippen molar-refractivity contribution in [1.29, 1.82) is 0 Å². The number of nitrogens with two attached hydrogens (primary N) is 1. The van der Waals surface area contributed by atoms with Crippen LogP contribution in [0.4, 0.5) is 14.5 Å². The van der Waals surface area contributed by atoms with Crippen LogP contribution < -0.4 is 16.0 Å². The zero-order valence-electron chi connectivity index (χ0n) is 20.9. The molecule has 4 N–H and O–H groups in total. The third-order valence-corrected chi connectivity index (χ3v) is 7.04. The SMILES string of the molecule is Cc1c(/C=C/CN2CCN(c3cc(F)cc(F)c3)C[C@H]2C)cnn1C1(N)C=C(N2CC(O)C2)NC=N1.Cl. The molecule has 3 aliphatic heterocycles. The second-order valence-electron chi connectivity index (χ2n) is 9.69. The minimum Gasteiger partial charge on any atom is -0.389 e. The third-order valence-electron chi connectivity index (χ3n) is 7.04. The van der Waals surface area contributed by atoms with Crippen molar-refractivity contribution in [2.45, 2.75) is 31.8 Å². The van der Waals surface area contributed by atoms with Crippen LogP contribution in [0.15, 0.2) is 47.4 Å². The lowest BCUT2D eigenvalue weighted by molar-refractivity contribution is 0.0204. The Morgan fingerprint density at radius 2 is 1.89 bits per heavy atom. The van der Waals surface area contributed by atoms with Crippen molar-refractivity contribution in [1.82, 2.24) is 24.9 Å². The van der Waals surface area contributed by atoms with Crippen LogP contribution in [0.5, 0.6) is 0 Å². The first kappa shape index (κ1) is 27.1. The average Bonchev–Trinajstić information content (AvgIpc) is 3.18. The number of aliphatic imine (C=N–C) groups is 1. The maximum Gasteiger partial charge on any atom is 0.228 e. The van der Waals surface area contributed by atoms with Gasteiger partial charge in [0.05, 0.1) is 18.6 Å². The van der Waals surface area contributed by atoms with Gasteiger partial charge in [0.25, 0.3) is 0 Å². The fraction of sp³-hybridized carbons (Fsp3) is 0.440. The molecule has 1 unspecified atom stereocenters. The Bertz CT molecular complexity index is 1190. The Labute approximate surface area is 221 Å². The Hall–Kier alpha value is -2.99. The summed E-state index contributed by atoms with van der Waals surface area (Å²) in [5, 5.41) is 17.2. The summed E-state index contributed by atoms with van der Waals surface area (Å²) in [6.45, 7) is 8.11. The predicted molar refractivity (Wildman–Crippen MR) is 142 cm³/mol. The molecule has 3 aliphatic rings. The van der Waals surface area contributed by atoms with E-state index >= 15 is 0 Å². The molecule has 1 aromatic heterocycles. The van der Waals surface area contributed by atoms with Gasteiger partial charge in [0, 0.05) is 74.4 Å². The van der Waals surface area contributed by atoms with Crippen LogP contribution in [0, 0.1) is 18.6 Å². The van der Waals surface area contributed by atoms with Crippen LogP contribution in [0.3, 0.4) is 0 Å². The molecule has 37 heavy (non-hydrogen) atoms. The Morgan fingerprint density at radius 1 is 1.16 bits per heavy atom. The molecule has 0 spiro atoms. The second kappa shape index (κ2) is 10.8. The number of anilines is 1. The predicted octanol–water partition coefficient (Wildman–Crippen LogP) is 1.83. The van der Waals surface area contributed by atoms with Crippen LogP contribution in [0.2, 0.25) is 0 Å². The maximum atomic E-state index is 13.6. The minimum atomic E-state index is -1.15. The third kappa shape index (κ3) is 5.64. The lowest BCUT2D eigenvalue weighted by Gasteiger charge is -2.41. The van der Waals surface area contributed by atoms with E-state index in [1.807, 2.05) is 28.9 Å². The van der Waals surface area contributed by atoms with Crippen molar-refractivity contribution in [2.24, 2.45) is 10.7 Å². The number of aliphatic hydroxyl groups is 1. The van der Waals surface area contributed by atoms with Crippen LogP contribution in [-0.4, -0.2) is 82.4 Å². The number of β-amino-alcohol motifs (C(OH)–C–C–N with tert-alkyl or cyclic N) is 1. The monoisotopic (exact) mass is 534 g/mol. The van der Waals surface area contributed by atoms with Crippen molar-refractivity contribution in [3.8, 4) is 0 Å². The topological polar surface area (TPSA) is 98.2 Å². The van der Waals surface area contributed by atoms with Gasteiger partial charge in [0.2, 0.25) is 5.79 Å². The summed E-state index contributed by atoms with van der Waals surface area (Å²) in [4.78, 5) is 10.8. The van der Waals surface area contributed by atoms with E-state index < -0.39 is 17.4 Å². The van der Waals surface area contributed by atoms with Gasteiger partial charge >= 0.3 is 0 Å². The first-order chi connectivity index (χ1) is 17.2. The molecule has 4 heterocycles. The molecule has 2 aromatic rings.